The molecule has 0 bridgehead atoms. The van der Waals surface area contributed by atoms with E-state index < -0.39 is 0 Å². The fourth-order valence-corrected chi connectivity index (χ4v) is 4.64. The van der Waals surface area contributed by atoms with Crippen LogP contribution in [0.3, 0.4) is 0 Å². The van der Waals surface area contributed by atoms with Gasteiger partial charge < -0.3 is 19.7 Å². The molecule has 4 nitrogen and oxygen atoms in total. The van der Waals surface area contributed by atoms with Gasteiger partial charge >= 0.3 is 0 Å². The molecule has 0 spiro atoms. The molecule has 3 rings (SSSR count). The van der Waals surface area contributed by atoms with Crippen LogP contribution in [-0.2, 0) is 15.9 Å². The Labute approximate surface area is 156 Å². The molecule has 0 saturated carbocycles. The summed E-state index contributed by atoms with van der Waals surface area (Å²) in [6, 6.07) is 3.87. The highest BCUT2D eigenvalue weighted by Crippen LogP contribution is 2.49. The van der Waals surface area contributed by atoms with Crippen LogP contribution >= 0.6 is 0 Å². The first-order valence-corrected chi connectivity index (χ1v) is 9.61. The summed E-state index contributed by atoms with van der Waals surface area (Å²) in [5.74, 6) is 1.77. The Balaban J connectivity index is 2.19. The Morgan fingerprint density at radius 3 is 2.54 bits per heavy atom. The fourth-order valence-electron chi connectivity index (χ4n) is 4.64. The van der Waals surface area contributed by atoms with Crippen molar-refractivity contribution in [1.29, 1.82) is 0 Å². The van der Waals surface area contributed by atoms with Crippen LogP contribution in [0.4, 0.5) is 0 Å². The molecule has 2 N–H and O–H groups in total. The van der Waals surface area contributed by atoms with E-state index in [0.717, 1.165) is 36.8 Å². The first-order valence-electron chi connectivity index (χ1n) is 9.61. The lowest BCUT2D eigenvalue weighted by molar-refractivity contribution is 0.178. The molecule has 0 saturated heterocycles. The maximum absolute atomic E-state index is 10.8. The Bertz CT molecular complexity index is 745. The average Bonchev–Trinajstić information content (AvgIpc) is 2.63. The number of ether oxygens (including phenoxy) is 2. The summed E-state index contributed by atoms with van der Waals surface area (Å²) in [6.07, 6.45) is 5.75. The molecule has 0 heterocycles. The topological polar surface area (TPSA) is 58.9 Å². The monoisotopic (exact) mass is 358 g/mol. The number of aryl methyl sites for hydroxylation is 1. The van der Waals surface area contributed by atoms with Gasteiger partial charge in [0.25, 0.3) is 0 Å². The van der Waals surface area contributed by atoms with Crippen LogP contribution in [0.2, 0.25) is 0 Å². The van der Waals surface area contributed by atoms with E-state index in [0.29, 0.717) is 29.6 Å². The zero-order valence-corrected chi connectivity index (χ0v) is 16.3. The van der Waals surface area contributed by atoms with E-state index in [4.69, 9.17) is 9.47 Å². The average molecular weight is 358 g/mol. The number of allylic oxidation sites excluding steroid dienone is 2. The van der Waals surface area contributed by atoms with Crippen molar-refractivity contribution in [2.24, 2.45) is 0 Å². The van der Waals surface area contributed by atoms with Gasteiger partial charge in [-0.3, -0.25) is 0 Å². The van der Waals surface area contributed by atoms with Crippen LogP contribution in [0.1, 0.15) is 74.5 Å². The third-order valence-corrected chi connectivity index (χ3v) is 5.80. The maximum atomic E-state index is 10.8. The fraction of sp³-hybridized carbons (Fsp3) is 0.545. The summed E-state index contributed by atoms with van der Waals surface area (Å²) in [6.45, 7) is 4.33. The number of benzene rings is 1. The van der Waals surface area contributed by atoms with Gasteiger partial charge in [-0.15, -0.1) is 0 Å². The van der Waals surface area contributed by atoms with Gasteiger partial charge in [0.05, 0.1) is 20.1 Å². The Kier molecular flexibility index (Phi) is 5.49. The number of phenols is 1. The standard InChI is InChI=1S/C22H30O4/c1-5-7-15-12-16(21(25-3)22(26-4)20(15)24)19-17(23)11-10-14-9-6-8-13(2)18(14)19/h10-11,13,16,23-24H,5-9,12H2,1-4H3/t13-,16?/m0/s1. The minimum Gasteiger partial charge on any atom is -0.508 e. The third kappa shape index (κ3) is 3.06. The van der Waals surface area contributed by atoms with Crippen molar-refractivity contribution in [2.75, 3.05) is 14.2 Å². The van der Waals surface area contributed by atoms with Gasteiger partial charge in [-0.25, -0.2) is 0 Å². The third-order valence-electron chi connectivity index (χ3n) is 5.80. The first kappa shape index (κ1) is 18.7. The van der Waals surface area contributed by atoms with Gasteiger partial charge in [0.15, 0.2) is 11.5 Å². The largest absolute Gasteiger partial charge is 0.508 e. The predicted octanol–water partition coefficient (Wildman–Crippen LogP) is 5.44. The Morgan fingerprint density at radius 1 is 1.12 bits per heavy atom. The Hall–Kier alpha value is -2.10. The van der Waals surface area contributed by atoms with Crippen LogP contribution in [0.5, 0.6) is 5.75 Å². The van der Waals surface area contributed by atoms with Gasteiger partial charge in [-0.05, 0) is 60.8 Å². The van der Waals surface area contributed by atoms with E-state index >= 15 is 0 Å². The second kappa shape index (κ2) is 7.65. The summed E-state index contributed by atoms with van der Waals surface area (Å²) >= 11 is 0. The molecule has 142 valence electrons. The van der Waals surface area contributed by atoms with E-state index in [1.165, 1.54) is 17.5 Å². The molecule has 0 fully saturated rings. The number of aliphatic hydroxyl groups is 1. The molecular formula is C22H30O4. The number of methoxy groups -OCH3 is 2. The summed E-state index contributed by atoms with van der Waals surface area (Å²) in [4.78, 5) is 0. The van der Waals surface area contributed by atoms with Gasteiger partial charge in [0.1, 0.15) is 11.5 Å². The number of hydrogen-bond donors (Lipinski definition) is 2. The number of rotatable bonds is 5. The molecule has 2 aliphatic carbocycles. The van der Waals surface area contributed by atoms with Crippen molar-refractivity contribution in [2.45, 2.75) is 64.2 Å². The molecular weight excluding hydrogens is 328 g/mol. The second-order valence-electron chi connectivity index (χ2n) is 7.42. The van der Waals surface area contributed by atoms with E-state index in [1.54, 1.807) is 14.2 Å². The Morgan fingerprint density at radius 2 is 1.88 bits per heavy atom. The molecule has 1 aromatic rings. The van der Waals surface area contributed by atoms with Crippen molar-refractivity contribution in [3.05, 3.63) is 51.7 Å². The number of aliphatic hydroxyl groups excluding tert-OH is 1. The molecule has 0 amide bonds. The quantitative estimate of drug-likeness (QED) is 0.736. The number of fused-ring (bicyclic) bond motifs is 1. The molecule has 0 aliphatic heterocycles. The van der Waals surface area contributed by atoms with Crippen molar-refractivity contribution >= 4 is 0 Å². The normalized spacial score (nSPS) is 23.1. The van der Waals surface area contributed by atoms with Crippen LogP contribution in [0, 0.1) is 0 Å². The van der Waals surface area contributed by atoms with Crippen LogP contribution in [-0.4, -0.2) is 24.4 Å². The van der Waals surface area contributed by atoms with E-state index in [2.05, 4.69) is 19.9 Å². The van der Waals surface area contributed by atoms with Crippen LogP contribution in [0.15, 0.2) is 35.0 Å². The van der Waals surface area contributed by atoms with Crippen LogP contribution in [0.25, 0.3) is 0 Å². The highest BCUT2D eigenvalue weighted by atomic mass is 16.5. The van der Waals surface area contributed by atoms with E-state index in [9.17, 15) is 10.2 Å². The molecule has 1 aromatic carbocycles. The molecule has 2 aliphatic rings. The number of hydrogen-bond acceptors (Lipinski definition) is 4. The van der Waals surface area contributed by atoms with Gasteiger partial charge in [-0.2, -0.15) is 0 Å². The maximum Gasteiger partial charge on any atom is 0.199 e. The molecule has 4 heteroatoms. The van der Waals surface area contributed by atoms with Crippen molar-refractivity contribution in [3.63, 3.8) is 0 Å². The van der Waals surface area contributed by atoms with E-state index in [1.807, 2.05) is 6.07 Å². The van der Waals surface area contributed by atoms with Crippen molar-refractivity contribution in [1.82, 2.24) is 0 Å². The van der Waals surface area contributed by atoms with Gasteiger partial charge in [0, 0.05) is 5.56 Å². The smallest absolute Gasteiger partial charge is 0.199 e. The lowest BCUT2D eigenvalue weighted by Crippen LogP contribution is -2.21. The predicted molar refractivity (Wildman–Crippen MR) is 102 cm³/mol. The number of aromatic hydroxyl groups is 1. The summed E-state index contributed by atoms with van der Waals surface area (Å²) in [7, 11) is 3.16. The molecule has 0 aromatic heterocycles. The summed E-state index contributed by atoms with van der Waals surface area (Å²) < 4.78 is 11.2. The highest BCUT2D eigenvalue weighted by Gasteiger charge is 2.36. The van der Waals surface area contributed by atoms with Gasteiger partial charge in [0.2, 0.25) is 0 Å². The first-order chi connectivity index (χ1) is 12.5. The summed E-state index contributed by atoms with van der Waals surface area (Å²) in [5.41, 5.74) is 4.49. The molecule has 1 unspecified atom stereocenters. The summed E-state index contributed by atoms with van der Waals surface area (Å²) in [5, 5.41) is 21.4. The van der Waals surface area contributed by atoms with Crippen molar-refractivity contribution in [3.8, 4) is 5.75 Å². The molecule has 26 heavy (non-hydrogen) atoms. The lowest BCUT2D eigenvalue weighted by atomic mass is 9.74. The molecule has 2 atom stereocenters. The van der Waals surface area contributed by atoms with E-state index in [-0.39, 0.29) is 11.7 Å². The highest BCUT2D eigenvalue weighted by molar-refractivity contribution is 5.54. The zero-order valence-electron chi connectivity index (χ0n) is 16.3. The SMILES string of the molecule is CCCC1=C(O)C(OC)=C(OC)C(c2c(O)ccc3c2[C@@H](C)CCC3)C1. The number of phenolic OH excluding ortho intramolecular Hbond substituents is 1. The van der Waals surface area contributed by atoms with Gasteiger partial charge in [-0.1, -0.05) is 26.3 Å². The van der Waals surface area contributed by atoms with Crippen molar-refractivity contribution < 1.29 is 19.7 Å². The second-order valence-corrected chi connectivity index (χ2v) is 7.42. The minimum atomic E-state index is -0.136. The zero-order chi connectivity index (χ0) is 18.8. The lowest BCUT2D eigenvalue weighted by Gasteiger charge is -2.33. The minimum absolute atomic E-state index is 0.136. The van der Waals surface area contributed by atoms with Crippen LogP contribution < -0.4 is 0 Å². The molecule has 0 radical (unpaired) electrons.